The van der Waals surface area contributed by atoms with Gasteiger partial charge in [-0.1, -0.05) is 39.0 Å². The summed E-state index contributed by atoms with van der Waals surface area (Å²) in [6.45, 7) is 6.63. The Morgan fingerprint density at radius 3 is 2.17 bits per heavy atom. The molecule has 5 heteroatoms. The average Bonchev–Trinajstić information content (AvgIpc) is 2.24. The quantitative estimate of drug-likeness (QED) is 0.640. The molecule has 0 spiro atoms. The van der Waals surface area contributed by atoms with Crippen molar-refractivity contribution in [2.24, 2.45) is 0 Å². The number of aliphatic hydroxyl groups is 1. The first-order valence-corrected chi connectivity index (χ1v) is 6.05. The third-order valence-corrected chi connectivity index (χ3v) is 3.34. The van der Waals surface area contributed by atoms with E-state index in [1.54, 1.807) is 12.1 Å². The molecule has 0 amide bonds. The summed E-state index contributed by atoms with van der Waals surface area (Å²) in [5.41, 5.74) is 0.927. The molecule has 1 aromatic rings. The van der Waals surface area contributed by atoms with Crippen molar-refractivity contribution in [2.75, 3.05) is 13.2 Å². The second kappa shape index (κ2) is 4.35. The van der Waals surface area contributed by atoms with Crippen LogP contribution >= 0.6 is 0 Å². The topological polar surface area (TPSA) is 69.9 Å². The van der Waals surface area contributed by atoms with Crippen molar-refractivity contribution in [1.82, 2.24) is 0 Å². The zero-order chi connectivity index (χ0) is 13.6. The van der Waals surface area contributed by atoms with Crippen LogP contribution in [0.5, 0.6) is 0 Å². The van der Waals surface area contributed by atoms with Gasteiger partial charge in [-0.3, -0.25) is 0 Å². The molecular formula is C13H19BO4. The lowest BCUT2D eigenvalue weighted by Crippen LogP contribution is -2.47. The molecule has 1 aromatic carbocycles. The lowest BCUT2D eigenvalue weighted by atomic mass is 9.73. The van der Waals surface area contributed by atoms with E-state index in [1.807, 2.05) is 26.8 Å². The largest absolute Gasteiger partial charge is 0.488 e. The van der Waals surface area contributed by atoms with Crippen molar-refractivity contribution in [2.45, 2.75) is 31.8 Å². The van der Waals surface area contributed by atoms with E-state index in [2.05, 4.69) is 0 Å². The van der Waals surface area contributed by atoms with Crippen molar-refractivity contribution in [3.05, 3.63) is 29.3 Å². The molecule has 0 saturated carbocycles. The van der Waals surface area contributed by atoms with E-state index in [4.69, 9.17) is 4.74 Å². The third kappa shape index (κ3) is 2.45. The Balaban J connectivity index is 2.50. The van der Waals surface area contributed by atoms with Gasteiger partial charge in [-0.2, -0.15) is 0 Å². The summed E-state index contributed by atoms with van der Waals surface area (Å²) in [6.07, 6.45) is 0. The Morgan fingerprint density at radius 2 is 1.78 bits per heavy atom. The molecule has 0 aliphatic carbocycles. The van der Waals surface area contributed by atoms with Gasteiger partial charge in [-0.15, -0.1) is 0 Å². The molecule has 1 aliphatic heterocycles. The van der Waals surface area contributed by atoms with Crippen LogP contribution in [0.25, 0.3) is 0 Å². The Morgan fingerprint density at radius 1 is 1.17 bits per heavy atom. The van der Waals surface area contributed by atoms with Crippen LogP contribution in [0.3, 0.4) is 0 Å². The summed E-state index contributed by atoms with van der Waals surface area (Å²) >= 11 is 0. The summed E-state index contributed by atoms with van der Waals surface area (Å²) in [4.78, 5) is 0. The molecule has 1 saturated heterocycles. The standard InChI is InChI=1S/C13H19BO4/c1-12(2,3)9-4-10(13(15)7-18-8-13)6-11(5-9)14(16)17/h4-6,15-17H,7-8H2,1-3H3. The molecule has 4 nitrogen and oxygen atoms in total. The Kier molecular flexibility index (Phi) is 3.27. The van der Waals surface area contributed by atoms with Crippen LogP contribution in [0.2, 0.25) is 0 Å². The lowest BCUT2D eigenvalue weighted by molar-refractivity contribution is -0.184. The molecule has 1 heterocycles. The van der Waals surface area contributed by atoms with Crippen molar-refractivity contribution in [3.8, 4) is 0 Å². The first-order valence-electron chi connectivity index (χ1n) is 6.05. The fraction of sp³-hybridized carbons (Fsp3) is 0.538. The monoisotopic (exact) mass is 250 g/mol. The zero-order valence-electron chi connectivity index (χ0n) is 11.0. The van der Waals surface area contributed by atoms with Gasteiger partial charge in [0.2, 0.25) is 0 Å². The molecule has 0 unspecified atom stereocenters. The maximum atomic E-state index is 10.3. The molecule has 1 fully saturated rings. The fourth-order valence-corrected chi connectivity index (χ4v) is 1.96. The van der Waals surface area contributed by atoms with Crippen molar-refractivity contribution in [1.29, 1.82) is 0 Å². The van der Waals surface area contributed by atoms with E-state index >= 15 is 0 Å². The summed E-state index contributed by atoms with van der Waals surface area (Å²) in [7, 11) is -1.53. The highest BCUT2D eigenvalue weighted by atomic mass is 16.5. The Labute approximate surface area is 107 Å². The van der Waals surface area contributed by atoms with E-state index < -0.39 is 12.7 Å². The summed E-state index contributed by atoms with van der Waals surface area (Å²) < 4.78 is 5.04. The number of rotatable bonds is 2. The first kappa shape index (κ1) is 13.6. The van der Waals surface area contributed by atoms with Crippen molar-refractivity contribution < 1.29 is 19.9 Å². The van der Waals surface area contributed by atoms with Crippen LogP contribution < -0.4 is 5.46 Å². The predicted molar refractivity (Wildman–Crippen MR) is 69.7 cm³/mol. The van der Waals surface area contributed by atoms with E-state index in [9.17, 15) is 15.2 Å². The molecule has 0 radical (unpaired) electrons. The van der Waals surface area contributed by atoms with E-state index in [0.29, 0.717) is 11.0 Å². The number of ether oxygens (including phenoxy) is 1. The van der Waals surface area contributed by atoms with E-state index in [-0.39, 0.29) is 18.6 Å². The van der Waals surface area contributed by atoms with Gasteiger partial charge in [-0.05, 0) is 22.0 Å². The second-order valence-electron chi connectivity index (χ2n) is 5.99. The van der Waals surface area contributed by atoms with Gasteiger partial charge in [-0.25, -0.2) is 0 Å². The van der Waals surface area contributed by atoms with Crippen LogP contribution in [-0.4, -0.2) is 35.5 Å². The van der Waals surface area contributed by atoms with Crippen molar-refractivity contribution in [3.63, 3.8) is 0 Å². The van der Waals surface area contributed by atoms with E-state index in [1.165, 1.54) is 0 Å². The molecule has 3 N–H and O–H groups in total. The van der Waals surface area contributed by atoms with Crippen LogP contribution in [0, 0.1) is 0 Å². The Hall–Kier alpha value is -0.875. The van der Waals surface area contributed by atoms with Gasteiger partial charge in [0, 0.05) is 0 Å². The van der Waals surface area contributed by atoms with E-state index in [0.717, 1.165) is 5.56 Å². The molecule has 2 rings (SSSR count). The SMILES string of the molecule is CC(C)(C)c1cc(B(O)O)cc(C2(O)COC2)c1. The minimum absolute atomic E-state index is 0.124. The first-order chi connectivity index (χ1) is 8.22. The molecule has 0 aromatic heterocycles. The van der Waals surface area contributed by atoms with Crippen LogP contribution in [0.4, 0.5) is 0 Å². The van der Waals surface area contributed by atoms with Gasteiger partial charge < -0.3 is 19.9 Å². The van der Waals surface area contributed by atoms with Gasteiger partial charge >= 0.3 is 7.12 Å². The highest BCUT2D eigenvalue weighted by Gasteiger charge is 2.39. The number of hydrogen-bond acceptors (Lipinski definition) is 4. The normalized spacial score (nSPS) is 18.3. The minimum atomic E-state index is -1.53. The number of hydrogen-bond donors (Lipinski definition) is 3. The lowest BCUT2D eigenvalue weighted by Gasteiger charge is -2.37. The van der Waals surface area contributed by atoms with Gasteiger partial charge in [0.05, 0.1) is 13.2 Å². The summed E-state index contributed by atoms with van der Waals surface area (Å²) in [5.74, 6) is 0. The Bertz CT molecular complexity index is 447. The molecule has 1 aliphatic rings. The summed E-state index contributed by atoms with van der Waals surface area (Å²) in [5, 5.41) is 29.0. The molecular weight excluding hydrogens is 231 g/mol. The minimum Gasteiger partial charge on any atom is -0.423 e. The van der Waals surface area contributed by atoms with Crippen LogP contribution in [-0.2, 0) is 15.8 Å². The second-order valence-corrected chi connectivity index (χ2v) is 5.99. The highest BCUT2D eigenvalue weighted by Crippen LogP contribution is 2.32. The number of benzene rings is 1. The van der Waals surface area contributed by atoms with Gasteiger partial charge in [0.1, 0.15) is 5.60 Å². The maximum absolute atomic E-state index is 10.3. The van der Waals surface area contributed by atoms with Crippen LogP contribution in [0.1, 0.15) is 31.9 Å². The molecule has 98 valence electrons. The summed E-state index contributed by atoms with van der Waals surface area (Å²) in [6, 6.07) is 5.30. The van der Waals surface area contributed by atoms with Gasteiger partial charge in [0.15, 0.2) is 0 Å². The highest BCUT2D eigenvalue weighted by molar-refractivity contribution is 6.58. The maximum Gasteiger partial charge on any atom is 0.488 e. The zero-order valence-corrected chi connectivity index (χ0v) is 11.0. The predicted octanol–water partition coefficient (Wildman–Crippen LogP) is -0.118. The van der Waals surface area contributed by atoms with Crippen LogP contribution in [0.15, 0.2) is 18.2 Å². The van der Waals surface area contributed by atoms with Gasteiger partial charge in [0.25, 0.3) is 0 Å². The molecule has 0 bridgehead atoms. The molecule has 18 heavy (non-hydrogen) atoms. The molecule has 0 atom stereocenters. The van der Waals surface area contributed by atoms with Crippen molar-refractivity contribution >= 4 is 12.6 Å². The fourth-order valence-electron chi connectivity index (χ4n) is 1.96. The third-order valence-electron chi connectivity index (χ3n) is 3.34. The smallest absolute Gasteiger partial charge is 0.423 e. The average molecular weight is 250 g/mol.